The monoisotopic (exact) mass is 779 g/mol. The van der Waals surface area contributed by atoms with Crippen molar-refractivity contribution in [1.29, 1.82) is 5.26 Å². The molecule has 5 heteroatoms. The van der Waals surface area contributed by atoms with Crippen LogP contribution in [0.25, 0.3) is 105 Å². The number of nitriles is 1. The van der Waals surface area contributed by atoms with E-state index in [0.717, 1.165) is 88.6 Å². The van der Waals surface area contributed by atoms with Gasteiger partial charge in [0, 0.05) is 43.4 Å². The molecule has 0 spiro atoms. The molecular weight excluding hydrogens is 743 g/mol. The second-order valence-electron chi connectivity index (χ2n) is 15.7. The van der Waals surface area contributed by atoms with E-state index in [9.17, 15) is 5.26 Å². The van der Waals surface area contributed by atoms with Gasteiger partial charge in [-0.1, -0.05) is 128 Å². The molecule has 4 heterocycles. The van der Waals surface area contributed by atoms with Gasteiger partial charge in [0.2, 0.25) is 0 Å². The normalized spacial score (nSPS) is 12.0. The second-order valence-corrected chi connectivity index (χ2v) is 15.7. The van der Waals surface area contributed by atoms with E-state index in [1.54, 1.807) is 0 Å². The number of fused-ring (bicyclic) bond motifs is 10. The van der Waals surface area contributed by atoms with Crippen molar-refractivity contribution < 1.29 is 0 Å². The Kier molecular flexibility index (Phi) is 7.59. The zero-order valence-corrected chi connectivity index (χ0v) is 33.4. The van der Waals surface area contributed by atoms with Crippen LogP contribution in [0.5, 0.6) is 0 Å². The average molecular weight is 780 g/mol. The summed E-state index contributed by atoms with van der Waals surface area (Å²) in [5.74, 6) is 0. The first-order valence-electron chi connectivity index (χ1n) is 20.6. The van der Waals surface area contributed by atoms with Gasteiger partial charge < -0.3 is 18.3 Å². The minimum absolute atomic E-state index is 0.595. The summed E-state index contributed by atoms with van der Waals surface area (Å²) in [6, 6.07) is 65.1. The zero-order valence-electron chi connectivity index (χ0n) is 33.4. The van der Waals surface area contributed by atoms with E-state index in [1.807, 2.05) is 12.2 Å². The van der Waals surface area contributed by atoms with Gasteiger partial charge >= 0.3 is 0 Å². The molecule has 0 amide bonds. The third kappa shape index (κ3) is 4.82. The fourth-order valence-electron chi connectivity index (χ4n) is 10.1. The first-order valence-corrected chi connectivity index (χ1v) is 20.6. The Morgan fingerprint density at radius 3 is 1.26 bits per heavy atom. The highest BCUT2D eigenvalue weighted by molar-refractivity contribution is 6.17. The highest BCUT2D eigenvalue weighted by atomic mass is 15.1. The molecule has 0 radical (unpaired) electrons. The number of benzene rings is 8. The van der Waals surface area contributed by atoms with Crippen molar-refractivity contribution >= 4 is 82.4 Å². The zero-order chi connectivity index (χ0) is 40.8. The van der Waals surface area contributed by atoms with E-state index < -0.39 is 0 Å². The number of rotatable bonds is 6. The van der Waals surface area contributed by atoms with Crippen LogP contribution in [-0.2, 0) is 0 Å². The van der Waals surface area contributed by atoms with E-state index in [-0.39, 0.29) is 0 Å². The van der Waals surface area contributed by atoms with Crippen molar-refractivity contribution in [1.82, 2.24) is 18.3 Å². The molecule has 8 aromatic carbocycles. The van der Waals surface area contributed by atoms with Crippen LogP contribution in [0, 0.1) is 18.3 Å². The van der Waals surface area contributed by atoms with Gasteiger partial charge in [0.15, 0.2) is 0 Å². The third-order valence-electron chi connectivity index (χ3n) is 12.6. The molecule has 0 saturated heterocycles. The predicted octanol–water partition coefficient (Wildman–Crippen LogP) is 14.3. The smallest absolute Gasteiger partial charge is 0.104 e. The summed E-state index contributed by atoms with van der Waals surface area (Å²) in [5, 5.41) is 19.5. The number of nitrogens with zero attached hydrogens (tertiary/aromatic N) is 5. The molecule has 0 aliphatic heterocycles. The third-order valence-corrected chi connectivity index (χ3v) is 12.6. The maximum atomic E-state index is 11.4. The molecule has 0 bridgehead atoms. The van der Waals surface area contributed by atoms with E-state index in [1.165, 1.54) is 21.7 Å². The van der Waals surface area contributed by atoms with Crippen LogP contribution in [0.3, 0.4) is 0 Å². The van der Waals surface area contributed by atoms with Gasteiger partial charge in [0.1, 0.15) is 11.6 Å². The first-order chi connectivity index (χ1) is 30.2. The molecule has 0 saturated carbocycles. The Morgan fingerprint density at radius 1 is 0.410 bits per heavy atom. The Hall–Kier alpha value is -8.33. The molecule has 0 aliphatic rings. The van der Waals surface area contributed by atoms with Gasteiger partial charge in [-0.15, -0.1) is 0 Å². The van der Waals surface area contributed by atoms with Gasteiger partial charge in [0.25, 0.3) is 0 Å². The van der Waals surface area contributed by atoms with Crippen molar-refractivity contribution in [2.45, 2.75) is 6.92 Å². The average Bonchev–Trinajstić information content (AvgIpc) is 4.03. The summed E-state index contributed by atoms with van der Waals surface area (Å²) in [5.41, 5.74) is 14.3. The van der Waals surface area contributed by atoms with Crippen molar-refractivity contribution in [2.24, 2.45) is 0 Å². The SMILES string of the molecule is C=C/C=C\c1c(C)c2ccccc2n1-c1cccc2c1c1ccccc1n2-c1cccc(-n2c3ccccc3c3c(-n4c5ccccc5c5ccccc54)cccc32)c1C#N. The van der Waals surface area contributed by atoms with Crippen molar-refractivity contribution in [3.63, 3.8) is 0 Å². The Morgan fingerprint density at radius 2 is 0.770 bits per heavy atom. The first kappa shape index (κ1) is 34.7. The number of para-hydroxylation sites is 5. The van der Waals surface area contributed by atoms with E-state index in [0.29, 0.717) is 5.56 Å². The standard InChI is InChI=1S/C56H37N5/c1-3-4-23-43-36(2)37-18-5-10-24-44(37)58(43)51-31-16-33-53-55(51)40-21-8-13-27-47(40)60(53)49-29-15-30-50(42(49)35-57)61-48-28-14-9-22-41(48)56-52(32-17-34-54(56)61)59-45-25-11-6-19-38(45)39-20-7-12-26-46(39)59/h3-34H,1H2,2H3/b23-4-. The van der Waals surface area contributed by atoms with Crippen molar-refractivity contribution in [2.75, 3.05) is 0 Å². The number of aryl methyl sites for hydroxylation is 1. The lowest BCUT2D eigenvalue weighted by molar-refractivity contribution is 1.10. The molecule has 286 valence electrons. The lowest BCUT2D eigenvalue weighted by atomic mass is 10.1. The Balaban J connectivity index is 1.15. The van der Waals surface area contributed by atoms with Gasteiger partial charge in [-0.2, -0.15) is 5.26 Å². The van der Waals surface area contributed by atoms with Gasteiger partial charge in [-0.25, -0.2) is 0 Å². The molecule has 12 aromatic rings. The minimum atomic E-state index is 0.595. The lowest BCUT2D eigenvalue weighted by Gasteiger charge is -2.16. The molecule has 0 fully saturated rings. The van der Waals surface area contributed by atoms with Crippen LogP contribution in [0.15, 0.2) is 195 Å². The van der Waals surface area contributed by atoms with Crippen LogP contribution in [0.4, 0.5) is 0 Å². The van der Waals surface area contributed by atoms with Gasteiger partial charge in [-0.05, 0) is 85.3 Å². The van der Waals surface area contributed by atoms with E-state index in [4.69, 9.17) is 0 Å². The molecule has 0 N–H and O–H groups in total. The fourth-order valence-corrected chi connectivity index (χ4v) is 10.1. The lowest BCUT2D eigenvalue weighted by Crippen LogP contribution is -2.04. The van der Waals surface area contributed by atoms with Gasteiger partial charge in [-0.3, -0.25) is 0 Å². The molecule has 5 nitrogen and oxygen atoms in total. The summed E-state index contributed by atoms with van der Waals surface area (Å²) in [6.45, 7) is 6.16. The number of hydrogen-bond acceptors (Lipinski definition) is 1. The quantitative estimate of drug-likeness (QED) is 0.155. The highest BCUT2D eigenvalue weighted by Gasteiger charge is 2.25. The summed E-state index contributed by atoms with van der Waals surface area (Å²) in [6.07, 6.45) is 5.98. The molecule has 0 atom stereocenters. The predicted molar refractivity (Wildman–Crippen MR) is 255 cm³/mol. The number of aromatic nitrogens is 4. The highest BCUT2D eigenvalue weighted by Crippen LogP contribution is 2.43. The molecule has 0 aliphatic carbocycles. The maximum Gasteiger partial charge on any atom is 0.104 e. The Bertz CT molecular complexity index is 3820. The van der Waals surface area contributed by atoms with E-state index in [2.05, 4.69) is 220 Å². The van der Waals surface area contributed by atoms with Crippen LogP contribution in [-0.4, -0.2) is 18.3 Å². The topological polar surface area (TPSA) is 43.5 Å². The molecular formula is C56H37N5. The molecule has 4 aromatic heterocycles. The number of hydrogen-bond donors (Lipinski definition) is 0. The summed E-state index contributed by atoms with van der Waals surface area (Å²) >= 11 is 0. The van der Waals surface area contributed by atoms with E-state index >= 15 is 0 Å². The van der Waals surface area contributed by atoms with Crippen LogP contribution < -0.4 is 0 Å². The summed E-state index contributed by atoms with van der Waals surface area (Å²) in [4.78, 5) is 0. The van der Waals surface area contributed by atoms with Crippen LogP contribution >= 0.6 is 0 Å². The maximum absolute atomic E-state index is 11.4. The van der Waals surface area contributed by atoms with Crippen LogP contribution in [0.1, 0.15) is 16.8 Å². The minimum Gasteiger partial charge on any atom is -0.309 e. The molecule has 61 heavy (non-hydrogen) atoms. The van der Waals surface area contributed by atoms with Crippen molar-refractivity contribution in [3.05, 3.63) is 211 Å². The molecule has 12 rings (SSSR count). The fraction of sp³-hybridized carbons (Fsp3) is 0.0179. The molecule has 0 unspecified atom stereocenters. The Labute approximate surface area is 351 Å². The second kappa shape index (κ2) is 13.4. The van der Waals surface area contributed by atoms with Crippen molar-refractivity contribution in [3.8, 4) is 28.8 Å². The van der Waals surface area contributed by atoms with Crippen LogP contribution in [0.2, 0.25) is 0 Å². The summed E-state index contributed by atoms with van der Waals surface area (Å²) in [7, 11) is 0. The van der Waals surface area contributed by atoms with Gasteiger partial charge in [0.05, 0.1) is 61.4 Å². The number of allylic oxidation sites excluding steroid dienone is 2. The largest absolute Gasteiger partial charge is 0.309 e. The summed E-state index contributed by atoms with van der Waals surface area (Å²) < 4.78 is 9.34.